The summed E-state index contributed by atoms with van der Waals surface area (Å²) in [5.74, 6) is 0. The van der Waals surface area contributed by atoms with Gasteiger partial charge in [-0.05, 0) is 26.2 Å². The molecule has 92 valence electrons. The van der Waals surface area contributed by atoms with Crippen molar-refractivity contribution in [2.45, 2.75) is 0 Å². The van der Waals surface area contributed by atoms with Crippen molar-refractivity contribution in [1.29, 1.82) is 0 Å². The van der Waals surface area contributed by atoms with Crippen molar-refractivity contribution in [2.24, 2.45) is 0 Å². The minimum atomic E-state index is 0. The molecule has 0 spiro atoms. The van der Waals surface area contributed by atoms with Gasteiger partial charge >= 0.3 is 17.1 Å². The minimum Gasteiger partial charge on any atom is -0.214 e. The quantitative estimate of drug-likeness (QED) is 0.310. The van der Waals surface area contributed by atoms with Gasteiger partial charge in [-0.25, -0.2) is 12.1 Å². The first-order chi connectivity index (χ1) is 8.36. The van der Waals surface area contributed by atoms with Gasteiger partial charge < -0.3 is 0 Å². The van der Waals surface area contributed by atoms with Crippen molar-refractivity contribution in [3.8, 4) is 11.1 Å². The third-order valence-corrected chi connectivity index (χ3v) is 3.11. The first kappa shape index (κ1) is 15.2. The molecule has 0 saturated heterocycles. The van der Waals surface area contributed by atoms with E-state index in [1.807, 2.05) is 30.3 Å². The maximum absolute atomic E-state index is 2.31. The molecule has 0 fully saturated rings. The SMILES string of the molecule is Ic1ccc(-[c-]2cccc2)cc1.[Fe+2].c1cc[cH-]c1. The molecule has 0 N–H and O–H groups in total. The van der Waals surface area contributed by atoms with Crippen LogP contribution in [0.4, 0.5) is 0 Å². The largest absolute Gasteiger partial charge is 2.00 e. The molecule has 18 heavy (non-hydrogen) atoms. The summed E-state index contributed by atoms with van der Waals surface area (Å²) in [6.45, 7) is 0. The molecule has 3 aromatic rings. The Morgan fingerprint density at radius 1 is 0.833 bits per heavy atom. The Morgan fingerprint density at radius 3 is 1.83 bits per heavy atom. The zero-order valence-electron chi connectivity index (χ0n) is 9.74. The molecule has 0 heterocycles. The van der Waals surface area contributed by atoms with E-state index in [2.05, 4.69) is 71.1 Å². The Balaban J connectivity index is 0.000000230. The normalized spacial score (nSPS) is 8.94. The third kappa shape index (κ3) is 4.81. The first-order valence-electron chi connectivity index (χ1n) is 5.50. The van der Waals surface area contributed by atoms with Crippen molar-refractivity contribution in [2.75, 3.05) is 0 Å². The summed E-state index contributed by atoms with van der Waals surface area (Å²) in [4.78, 5) is 0. The fraction of sp³-hybridized carbons (Fsp3) is 0. The van der Waals surface area contributed by atoms with Gasteiger partial charge in [0.05, 0.1) is 0 Å². The van der Waals surface area contributed by atoms with Crippen LogP contribution in [0.25, 0.3) is 11.1 Å². The summed E-state index contributed by atoms with van der Waals surface area (Å²) in [7, 11) is 0. The van der Waals surface area contributed by atoms with E-state index < -0.39 is 0 Å². The zero-order chi connectivity index (χ0) is 11.9. The van der Waals surface area contributed by atoms with Crippen LogP contribution < -0.4 is 0 Å². The number of benzene rings is 1. The van der Waals surface area contributed by atoms with Crippen molar-refractivity contribution < 1.29 is 17.1 Å². The van der Waals surface area contributed by atoms with Gasteiger partial charge in [-0.15, -0.1) is 29.8 Å². The fourth-order valence-corrected chi connectivity index (χ4v) is 1.89. The summed E-state index contributed by atoms with van der Waals surface area (Å²) in [5, 5.41) is 0. The molecular weight excluding hydrogens is 375 g/mol. The Bertz CT molecular complexity index is 490. The van der Waals surface area contributed by atoms with Crippen molar-refractivity contribution in [3.05, 3.63) is 82.4 Å². The Kier molecular flexibility index (Phi) is 7.02. The summed E-state index contributed by atoms with van der Waals surface area (Å²) >= 11 is 2.31. The molecular formula is C16H13FeI. The van der Waals surface area contributed by atoms with Gasteiger partial charge in [-0.1, -0.05) is 17.7 Å². The molecule has 0 atom stereocenters. The first-order valence-corrected chi connectivity index (χ1v) is 6.58. The van der Waals surface area contributed by atoms with E-state index in [1.165, 1.54) is 14.7 Å². The van der Waals surface area contributed by atoms with Gasteiger partial charge in [0.25, 0.3) is 0 Å². The van der Waals surface area contributed by atoms with Crippen LogP contribution in [-0.4, -0.2) is 0 Å². The molecule has 3 rings (SSSR count). The van der Waals surface area contributed by atoms with Crippen LogP contribution in [0, 0.1) is 3.57 Å². The van der Waals surface area contributed by atoms with E-state index in [0.29, 0.717) is 0 Å². The van der Waals surface area contributed by atoms with E-state index in [9.17, 15) is 0 Å². The summed E-state index contributed by atoms with van der Waals surface area (Å²) in [5.41, 5.74) is 2.59. The van der Waals surface area contributed by atoms with Gasteiger partial charge in [0.1, 0.15) is 0 Å². The second-order valence-electron chi connectivity index (χ2n) is 3.64. The zero-order valence-corrected chi connectivity index (χ0v) is 13.0. The van der Waals surface area contributed by atoms with Crippen LogP contribution in [0.1, 0.15) is 0 Å². The maximum atomic E-state index is 2.31. The predicted molar refractivity (Wildman–Crippen MR) is 82.2 cm³/mol. The van der Waals surface area contributed by atoms with Crippen LogP contribution in [0.2, 0.25) is 0 Å². The van der Waals surface area contributed by atoms with Crippen LogP contribution in [0.3, 0.4) is 0 Å². The topological polar surface area (TPSA) is 0 Å². The maximum Gasteiger partial charge on any atom is 2.00 e. The number of hydrogen-bond donors (Lipinski definition) is 0. The third-order valence-electron chi connectivity index (χ3n) is 2.40. The molecule has 0 unspecified atom stereocenters. The standard InChI is InChI=1S/C11H8I.C5H5.Fe/c12-11-7-5-10(6-8-11)9-3-1-2-4-9;1-2-4-5-3-1;/h1-8H;1-5H;/q2*-1;+2. The molecule has 0 aliphatic rings. The Labute approximate surface area is 132 Å². The molecule has 0 amide bonds. The molecule has 0 radical (unpaired) electrons. The van der Waals surface area contributed by atoms with E-state index in [0.717, 1.165) is 0 Å². The van der Waals surface area contributed by atoms with Crippen molar-refractivity contribution in [1.82, 2.24) is 0 Å². The summed E-state index contributed by atoms with van der Waals surface area (Å²) in [6, 6.07) is 26.9. The van der Waals surface area contributed by atoms with E-state index in [-0.39, 0.29) is 17.1 Å². The van der Waals surface area contributed by atoms with Crippen LogP contribution >= 0.6 is 22.6 Å². The summed E-state index contributed by atoms with van der Waals surface area (Å²) < 4.78 is 1.28. The fourth-order valence-electron chi connectivity index (χ4n) is 1.53. The second-order valence-corrected chi connectivity index (χ2v) is 4.89. The Hall–Kier alpha value is -0.831. The smallest absolute Gasteiger partial charge is 0.214 e. The van der Waals surface area contributed by atoms with E-state index in [1.54, 1.807) is 0 Å². The monoisotopic (exact) mass is 388 g/mol. The van der Waals surface area contributed by atoms with Gasteiger partial charge in [0.2, 0.25) is 0 Å². The van der Waals surface area contributed by atoms with Crippen molar-refractivity contribution >= 4 is 22.6 Å². The van der Waals surface area contributed by atoms with Crippen LogP contribution in [0.15, 0.2) is 78.9 Å². The minimum absolute atomic E-state index is 0. The van der Waals surface area contributed by atoms with Gasteiger partial charge in [0.15, 0.2) is 0 Å². The number of hydrogen-bond acceptors (Lipinski definition) is 0. The summed E-state index contributed by atoms with van der Waals surface area (Å²) in [6.07, 6.45) is 0. The van der Waals surface area contributed by atoms with E-state index >= 15 is 0 Å². The van der Waals surface area contributed by atoms with Crippen LogP contribution in [-0.2, 0) is 17.1 Å². The molecule has 0 aromatic heterocycles. The molecule has 3 aromatic carbocycles. The number of rotatable bonds is 1. The Morgan fingerprint density at radius 2 is 1.39 bits per heavy atom. The average Bonchev–Trinajstić information content (AvgIpc) is 3.06. The molecule has 0 bridgehead atoms. The predicted octanol–water partition coefficient (Wildman–Crippen LogP) is 5.08. The van der Waals surface area contributed by atoms with Gasteiger partial charge in [-0.2, -0.15) is 30.3 Å². The molecule has 0 aliphatic heterocycles. The second kappa shape index (κ2) is 8.30. The molecule has 2 heteroatoms. The van der Waals surface area contributed by atoms with Crippen LogP contribution in [0.5, 0.6) is 0 Å². The van der Waals surface area contributed by atoms with E-state index in [4.69, 9.17) is 0 Å². The average molecular weight is 388 g/mol. The number of halogens is 1. The molecule has 0 nitrogen and oxygen atoms in total. The molecule has 0 saturated carbocycles. The van der Waals surface area contributed by atoms with Gasteiger partial charge in [0, 0.05) is 0 Å². The van der Waals surface area contributed by atoms with Crippen molar-refractivity contribution in [3.63, 3.8) is 0 Å². The molecule has 0 aliphatic carbocycles. The van der Waals surface area contributed by atoms with Gasteiger partial charge in [-0.3, -0.25) is 0 Å².